The Morgan fingerprint density at radius 2 is 1.88 bits per heavy atom. The summed E-state index contributed by atoms with van der Waals surface area (Å²) in [7, 11) is 1.48. The molecule has 0 atom stereocenters. The standard InChI is InChI=1S/C21H20O5/c1-25-20-11-14(6-10-19(20)26-13-21(23)24)5-9-18(22)17-8-7-15-3-2-4-16(15)12-17/h5-12H,2-4,13H2,1H3,(H,23,24)/b9-5+. The Morgan fingerprint density at radius 3 is 2.65 bits per heavy atom. The molecule has 0 radical (unpaired) electrons. The average Bonchev–Trinajstić information content (AvgIpc) is 3.12. The van der Waals surface area contributed by atoms with Crippen LogP contribution in [-0.2, 0) is 17.6 Å². The van der Waals surface area contributed by atoms with Crippen LogP contribution in [0.5, 0.6) is 11.5 Å². The fraction of sp³-hybridized carbons (Fsp3) is 0.238. The quantitative estimate of drug-likeness (QED) is 0.609. The highest BCUT2D eigenvalue weighted by molar-refractivity contribution is 6.07. The monoisotopic (exact) mass is 352 g/mol. The third kappa shape index (κ3) is 4.11. The Hall–Kier alpha value is -3.08. The number of ketones is 1. The Morgan fingerprint density at radius 1 is 1.08 bits per heavy atom. The molecule has 0 amide bonds. The molecule has 0 spiro atoms. The minimum Gasteiger partial charge on any atom is -0.493 e. The van der Waals surface area contributed by atoms with Gasteiger partial charge >= 0.3 is 5.97 Å². The molecule has 3 rings (SSSR count). The van der Waals surface area contributed by atoms with E-state index in [0.717, 1.165) is 24.8 Å². The molecule has 0 bridgehead atoms. The second kappa shape index (κ2) is 7.87. The SMILES string of the molecule is COc1cc(/C=C/C(=O)c2ccc3c(c2)CCC3)ccc1OCC(=O)O. The smallest absolute Gasteiger partial charge is 0.341 e. The largest absolute Gasteiger partial charge is 0.493 e. The lowest BCUT2D eigenvalue weighted by atomic mass is 10.0. The minimum atomic E-state index is -1.06. The van der Waals surface area contributed by atoms with Crippen LogP contribution in [0.3, 0.4) is 0 Å². The molecule has 5 heteroatoms. The van der Waals surface area contributed by atoms with Gasteiger partial charge in [0.05, 0.1) is 7.11 Å². The van der Waals surface area contributed by atoms with Gasteiger partial charge < -0.3 is 14.6 Å². The summed E-state index contributed by atoms with van der Waals surface area (Å²) in [5.74, 6) is -0.351. The molecule has 1 N–H and O–H groups in total. The number of aryl methyl sites for hydroxylation is 2. The van der Waals surface area contributed by atoms with Crippen LogP contribution in [0, 0.1) is 0 Å². The highest BCUT2D eigenvalue weighted by Crippen LogP contribution is 2.29. The molecule has 0 saturated carbocycles. The summed E-state index contributed by atoms with van der Waals surface area (Å²) < 4.78 is 10.4. The van der Waals surface area contributed by atoms with E-state index in [1.165, 1.54) is 24.3 Å². The number of ether oxygens (including phenoxy) is 2. The maximum absolute atomic E-state index is 12.4. The second-order valence-corrected chi connectivity index (χ2v) is 6.13. The van der Waals surface area contributed by atoms with Crippen molar-refractivity contribution in [2.24, 2.45) is 0 Å². The number of fused-ring (bicyclic) bond motifs is 1. The van der Waals surface area contributed by atoms with Crippen molar-refractivity contribution in [3.8, 4) is 11.5 Å². The molecule has 1 aliphatic rings. The molecule has 5 nitrogen and oxygen atoms in total. The van der Waals surface area contributed by atoms with Crippen LogP contribution in [-0.4, -0.2) is 30.6 Å². The predicted octanol–water partition coefficient (Wildman–Crippen LogP) is 3.54. The molecule has 0 fully saturated rings. The number of hydrogen-bond acceptors (Lipinski definition) is 4. The van der Waals surface area contributed by atoms with Crippen LogP contribution in [0.2, 0.25) is 0 Å². The van der Waals surface area contributed by atoms with Crippen LogP contribution < -0.4 is 9.47 Å². The molecular weight excluding hydrogens is 332 g/mol. The minimum absolute atomic E-state index is 0.0510. The average molecular weight is 352 g/mol. The van der Waals surface area contributed by atoms with Gasteiger partial charge in [-0.1, -0.05) is 24.3 Å². The lowest BCUT2D eigenvalue weighted by Gasteiger charge is -2.09. The first-order valence-corrected chi connectivity index (χ1v) is 8.43. The first-order valence-electron chi connectivity index (χ1n) is 8.43. The third-order valence-corrected chi connectivity index (χ3v) is 4.35. The van der Waals surface area contributed by atoms with Gasteiger partial charge in [0.15, 0.2) is 23.9 Å². The summed E-state index contributed by atoms with van der Waals surface area (Å²) in [6, 6.07) is 11.0. The summed E-state index contributed by atoms with van der Waals surface area (Å²) in [5, 5.41) is 8.69. The van der Waals surface area contributed by atoms with Crippen LogP contribution in [0.4, 0.5) is 0 Å². The lowest BCUT2D eigenvalue weighted by Crippen LogP contribution is -2.10. The van der Waals surface area contributed by atoms with Crippen molar-refractivity contribution < 1.29 is 24.2 Å². The normalized spacial score (nSPS) is 12.8. The highest BCUT2D eigenvalue weighted by atomic mass is 16.5. The van der Waals surface area contributed by atoms with E-state index in [0.29, 0.717) is 17.1 Å². The van der Waals surface area contributed by atoms with Crippen molar-refractivity contribution in [2.45, 2.75) is 19.3 Å². The maximum atomic E-state index is 12.4. The maximum Gasteiger partial charge on any atom is 0.341 e. The molecular formula is C21H20O5. The highest BCUT2D eigenvalue weighted by Gasteiger charge is 2.13. The molecule has 0 aromatic heterocycles. The summed E-state index contributed by atoms with van der Waals surface area (Å²) in [6.45, 7) is -0.442. The molecule has 0 unspecified atom stereocenters. The van der Waals surface area contributed by atoms with Gasteiger partial charge in [0.1, 0.15) is 0 Å². The molecule has 26 heavy (non-hydrogen) atoms. The number of rotatable bonds is 7. The van der Waals surface area contributed by atoms with E-state index in [2.05, 4.69) is 0 Å². The first kappa shape index (κ1) is 17.7. The van der Waals surface area contributed by atoms with Crippen LogP contribution >= 0.6 is 0 Å². The van der Waals surface area contributed by atoms with Crippen molar-refractivity contribution in [3.63, 3.8) is 0 Å². The Kier molecular flexibility index (Phi) is 5.37. The summed E-state index contributed by atoms with van der Waals surface area (Å²) in [5.41, 5.74) is 4.06. The van der Waals surface area contributed by atoms with Crippen LogP contribution in [0.15, 0.2) is 42.5 Å². The molecule has 0 aliphatic heterocycles. The number of aliphatic carboxylic acids is 1. The predicted molar refractivity (Wildman–Crippen MR) is 98.0 cm³/mol. The fourth-order valence-electron chi connectivity index (χ4n) is 3.04. The number of carboxylic acids is 1. The van der Waals surface area contributed by atoms with E-state index in [1.54, 1.807) is 24.3 Å². The number of carboxylic acid groups (broad SMARTS) is 1. The zero-order valence-electron chi connectivity index (χ0n) is 14.5. The van der Waals surface area contributed by atoms with Gasteiger partial charge in [0.25, 0.3) is 0 Å². The van der Waals surface area contributed by atoms with E-state index in [1.807, 2.05) is 18.2 Å². The van der Waals surface area contributed by atoms with Crippen molar-refractivity contribution >= 4 is 17.8 Å². The number of carbonyl (C=O) groups excluding carboxylic acids is 1. The molecule has 0 saturated heterocycles. The summed E-state index contributed by atoms with van der Waals surface area (Å²) in [6.07, 6.45) is 6.52. The second-order valence-electron chi connectivity index (χ2n) is 6.13. The zero-order valence-corrected chi connectivity index (χ0v) is 14.5. The van der Waals surface area contributed by atoms with E-state index < -0.39 is 12.6 Å². The van der Waals surface area contributed by atoms with Crippen LogP contribution in [0.1, 0.15) is 33.5 Å². The molecule has 0 heterocycles. The number of allylic oxidation sites excluding steroid dienone is 1. The number of methoxy groups -OCH3 is 1. The first-order chi connectivity index (χ1) is 12.6. The van der Waals surface area contributed by atoms with Gasteiger partial charge in [0, 0.05) is 5.56 Å². The zero-order chi connectivity index (χ0) is 18.5. The summed E-state index contributed by atoms with van der Waals surface area (Å²) >= 11 is 0. The third-order valence-electron chi connectivity index (χ3n) is 4.35. The van der Waals surface area contributed by atoms with E-state index in [9.17, 15) is 9.59 Å². The summed E-state index contributed by atoms with van der Waals surface area (Å²) in [4.78, 5) is 23.0. The number of carbonyl (C=O) groups is 2. The Bertz CT molecular complexity index is 867. The number of hydrogen-bond donors (Lipinski definition) is 1. The topological polar surface area (TPSA) is 72.8 Å². The van der Waals surface area contributed by atoms with Gasteiger partial charge in [0.2, 0.25) is 0 Å². The van der Waals surface area contributed by atoms with Crippen molar-refractivity contribution in [2.75, 3.05) is 13.7 Å². The van der Waals surface area contributed by atoms with Gasteiger partial charge in [-0.2, -0.15) is 0 Å². The van der Waals surface area contributed by atoms with E-state index in [4.69, 9.17) is 14.6 Å². The molecule has 2 aromatic carbocycles. The van der Waals surface area contributed by atoms with Gasteiger partial charge in [-0.15, -0.1) is 0 Å². The van der Waals surface area contributed by atoms with Gasteiger partial charge in [-0.3, -0.25) is 4.79 Å². The number of benzene rings is 2. The van der Waals surface area contributed by atoms with E-state index in [-0.39, 0.29) is 5.78 Å². The van der Waals surface area contributed by atoms with Crippen molar-refractivity contribution in [1.82, 2.24) is 0 Å². The molecule has 2 aromatic rings. The van der Waals surface area contributed by atoms with Gasteiger partial charge in [-0.25, -0.2) is 4.79 Å². The van der Waals surface area contributed by atoms with Crippen molar-refractivity contribution in [3.05, 3.63) is 64.7 Å². The van der Waals surface area contributed by atoms with Crippen molar-refractivity contribution in [1.29, 1.82) is 0 Å². The fourth-order valence-corrected chi connectivity index (χ4v) is 3.04. The molecule has 1 aliphatic carbocycles. The van der Waals surface area contributed by atoms with E-state index >= 15 is 0 Å². The van der Waals surface area contributed by atoms with Crippen LogP contribution in [0.25, 0.3) is 6.08 Å². The Balaban J connectivity index is 1.73. The Labute approximate surface area is 151 Å². The molecule has 134 valence electrons. The lowest BCUT2D eigenvalue weighted by molar-refractivity contribution is -0.139. The van der Waals surface area contributed by atoms with Gasteiger partial charge in [-0.05, 0) is 60.2 Å².